The lowest BCUT2D eigenvalue weighted by atomic mass is 9.68. The van der Waals surface area contributed by atoms with Crippen molar-refractivity contribution < 1.29 is 4.42 Å². The van der Waals surface area contributed by atoms with Gasteiger partial charge in [-0.15, -0.1) is 0 Å². The van der Waals surface area contributed by atoms with Crippen molar-refractivity contribution in [2.45, 2.75) is 5.41 Å². The maximum absolute atomic E-state index is 6.95. The molecule has 15 aromatic rings. The molecule has 0 aliphatic heterocycles. The highest BCUT2D eigenvalue weighted by Gasteiger charge is 2.46. The third kappa shape index (κ3) is 5.99. The van der Waals surface area contributed by atoms with Crippen LogP contribution >= 0.6 is 0 Å². The van der Waals surface area contributed by atoms with Gasteiger partial charge in [-0.25, -0.2) is 0 Å². The number of fused-ring (bicyclic) bond motifs is 15. The first kappa shape index (κ1) is 42.5. The molecule has 3 nitrogen and oxygen atoms in total. The Kier molecular flexibility index (Phi) is 9.25. The molecule has 354 valence electrons. The molecule has 2 aromatic heterocycles. The van der Waals surface area contributed by atoms with Gasteiger partial charge in [0.1, 0.15) is 11.2 Å². The van der Waals surface area contributed by atoms with Gasteiger partial charge >= 0.3 is 0 Å². The summed E-state index contributed by atoms with van der Waals surface area (Å²) in [6.45, 7) is 0. The summed E-state index contributed by atoms with van der Waals surface area (Å²) in [7, 11) is 0. The maximum atomic E-state index is 6.95. The highest BCUT2D eigenvalue weighted by atomic mass is 16.3. The second kappa shape index (κ2) is 16.5. The van der Waals surface area contributed by atoms with Crippen molar-refractivity contribution in [3.05, 3.63) is 301 Å². The summed E-state index contributed by atoms with van der Waals surface area (Å²) in [6, 6.07) is 103. The third-order valence-electron chi connectivity index (χ3n) is 16.4. The summed E-state index contributed by atoms with van der Waals surface area (Å²) in [5.41, 5.74) is 17.6. The Morgan fingerprint density at radius 1 is 0.342 bits per heavy atom. The number of para-hydroxylation sites is 4. The second-order valence-electron chi connectivity index (χ2n) is 20.2. The number of hydrogen-bond donors (Lipinski definition) is 0. The van der Waals surface area contributed by atoms with Gasteiger partial charge < -0.3 is 13.9 Å². The molecule has 3 heteroatoms. The molecule has 0 bridgehead atoms. The summed E-state index contributed by atoms with van der Waals surface area (Å²) < 4.78 is 9.43. The molecule has 0 saturated heterocycles. The quantitative estimate of drug-likeness (QED) is 0.148. The molecule has 16 rings (SSSR count). The predicted molar refractivity (Wildman–Crippen MR) is 318 cm³/mol. The van der Waals surface area contributed by atoms with Crippen LogP contribution in [0.2, 0.25) is 0 Å². The van der Waals surface area contributed by atoms with Crippen molar-refractivity contribution in [1.29, 1.82) is 0 Å². The second-order valence-corrected chi connectivity index (χ2v) is 20.2. The van der Waals surface area contributed by atoms with E-state index in [0.29, 0.717) is 0 Å². The number of hydrogen-bond acceptors (Lipinski definition) is 2. The first-order chi connectivity index (χ1) is 37.7. The smallest absolute Gasteiger partial charge is 0.138 e. The van der Waals surface area contributed by atoms with Gasteiger partial charge in [0.25, 0.3) is 0 Å². The average molecular weight is 967 g/mol. The van der Waals surface area contributed by atoms with Crippen LogP contribution in [0.4, 0.5) is 17.1 Å². The van der Waals surface area contributed by atoms with Gasteiger partial charge in [-0.05, 0) is 126 Å². The summed E-state index contributed by atoms with van der Waals surface area (Å²) >= 11 is 0. The van der Waals surface area contributed by atoms with Crippen LogP contribution in [0, 0.1) is 0 Å². The minimum atomic E-state index is -0.510. The molecular formula is C73H46N2O. The summed E-state index contributed by atoms with van der Waals surface area (Å²) in [4.78, 5) is 2.45. The maximum Gasteiger partial charge on any atom is 0.138 e. The highest BCUT2D eigenvalue weighted by molar-refractivity contribution is 6.30. The Labute approximate surface area is 439 Å². The fraction of sp³-hybridized carbons (Fsp3) is 0.0137. The molecule has 1 aliphatic carbocycles. The van der Waals surface area contributed by atoms with Crippen LogP contribution in [0.25, 0.3) is 104 Å². The van der Waals surface area contributed by atoms with Crippen molar-refractivity contribution in [3.8, 4) is 27.9 Å². The van der Waals surface area contributed by atoms with Crippen LogP contribution in [0.15, 0.2) is 283 Å². The predicted octanol–water partition coefficient (Wildman–Crippen LogP) is 19.6. The van der Waals surface area contributed by atoms with Crippen molar-refractivity contribution >= 4 is 93.1 Å². The molecule has 0 fully saturated rings. The molecule has 0 spiro atoms. The van der Waals surface area contributed by atoms with Crippen LogP contribution in [-0.2, 0) is 5.41 Å². The van der Waals surface area contributed by atoms with Crippen LogP contribution in [-0.4, -0.2) is 4.57 Å². The van der Waals surface area contributed by atoms with Gasteiger partial charge in [0.05, 0.1) is 22.1 Å². The van der Waals surface area contributed by atoms with Crippen LogP contribution in [0.3, 0.4) is 0 Å². The molecular weight excluding hydrogens is 921 g/mol. The summed E-state index contributed by atoms with van der Waals surface area (Å²) in [5.74, 6) is 0. The minimum absolute atomic E-state index is 0.510. The Bertz CT molecular complexity index is 4720. The van der Waals surface area contributed by atoms with Crippen molar-refractivity contribution in [2.24, 2.45) is 0 Å². The first-order valence-corrected chi connectivity index (χ1v) is 26.2. The van der Waals surface area contributed by atoms with Gasteiger partial charge in [0.15, 0.2) is 0 Å². The number of anilines is 3. The Morgan fingerprint density at radius 2 is 0.855 bits per heavy atom. The van der Waals surface area contributed by atoms with E-state index in [1.807, 2.05) is 0 Å². The Hall–Kier alpha value is -9.96. The third-order valence-corrected chi connectivity index (χ3v) is 16.4. The van der Waals surface area contributed by atoms with E-state index in [2.05, 4.69) is 289 Å². The van der Waals surface area contributed by atoms with E-state index in [1.165, 1.54) is 71.1 Å². The summed E-state index contributed by atoms with van der Waals surface area (Å²) in [6.07, 6.45) is 0. The normalized spacial score (nSPS) is 12.8. The Balaban J connectivity index is 0.989. The molecule has 0 N–H and O–H groups in total. The molecule has 13 aromatic carbocycles. The van der Waals surface area contributed by atoms with Crippen LogP contribution in [0.5, 0.6) is 0 Å². The van der Waals surface area contributed by atoms with Gasteiger partial charge in [-0.3, -0.25) is 0 Å². The standard InChI is InChI=1S/C73H46N2O/c1-4-21-48(22-5-1)73(63-35-17-14-31-58(63)59-32-15-18-36-64(59)73)49-40-42-52(43-41-49)74(50-23-6-2-7-24-50)65-37-20-34-61-70-66(75(72(61)65)51-25-8-3-9-26-51)46-68-71(60-33-16-19-38-67(60)76-68)69(70)47-39-44-57-55-29-11-10-27-53(55)54-28-12-13-30-56(54)62(57)45-47/h1-46H. The van der Waals surface area contributed by atoms with Crippen molar-refractivity contribution in [2.75, 3.05) is 4.90 Å². The van der Waals surface area contributed by atoms with Crippen LogP contribution in [0.1, 0.15) is 22.3 Å². The molecule has 0 radical (unpaired) electrons. The molecule has 0 saturated carbocycles. The van der Waals surface area contributed by atoms with E-state index in [-0.39, 0.29) is 0 Å². The van der Waals surface area contributed by atoms with Gasteiger partial charge in [-0.1, -0.05) is 218 Å². The number of aromatic nitrogens is 1. The van der Waals surface area contributed by atoms with E-state index >= 15 is 0 Å². The first-order valence-electron chi connectivity index (χ1n) is 26.2. The van der Waals surface area contributed by atoms with Crippen molar-refractivity contribution in [3.63, 3.8) is 0 Å². The monoisotopic (exact) mass is 966 g/mol. The number of furan rings is 1. The fourth-order valence-corrected chi connectivity index (χ4v) is 13.4. The van der Waals surface area contributed by atoms with Crippen molar-refractivity contribution in [1.82, 2.24) is 4.57 Å². The highest BCUT2D eigenvalue weighted by Crippen LogP contribution is 2.57. The van der Waals surface area contributed by atoms with E-state index in [1.54, 1.807) is 0 Å². The number of nitrogens with zero attached hydrogens (tertiary/aromatic N) is 2. The van der Waals surface area contributed by atoms with Gasteiger partial charge in [-0.2, -0.15) is 0 Å². The van der Waals surface area contributed by atoms with Gasteiger partial charge in [0.2, 0.25) is 0 Å². The lowest BCUT2D eigenvalue weighted by molar-refractivity contribution is 0.669. The molecule has 76 heavy (non-hydrogen) atoms. The lowest BCUT2D eigenvalue weighted by Gasteiger charge is -2.34. The van der Waals surface area contributed by atoms with Gasteiger partial charge in [0, 0.05) is 50.2 Å². The molecule has 1 aliphatic rings. The average Bonchev–Trinajstić information content (AvgIpc) is 4.35. The molecule has 0 amide bonds. The SMILES string of the molecule is c1ccc(N(c2ccc(C3(c4ccccc4)c4ccccc4-c4ccccc43)cc2)c2cccc3c4c(-c5ccc6c7ccccc7c7ccccc7c6c5)c5c(cc4n(-c4ccccc4)c23)oc2ccccc25)cc1. The largest absolute Gasteiger partial charge is 0.456 e. The molecule has 0 unspecified atom stereocenters. The van der Waals surface area contributed by atoms with Crippen LogP contribution < -0.4 is 4.90 Å². The molecule has 0 atom stereocenters. The zero-order valence-electron chi connectivity index (χ0n) is 41.4. The molecule has 2 heterocycles. The van der Waals surface area contributed by atoms with E-state index in [9.17, 15) is 0 Å². The summed E-state index contributed by atoms with van der Waals surface area (Å²) in [5, 5.41) is 12.0. The van der Waals surface area contributed by atoms with E-state index in [4.69, 9.17) is 4.42 Å². The zero-order valence-corrected chi connectivity index (χ0v) is 41.4. The lowest BCUT2D eigenvalue weighted by Crippen LogP contribution is -2.28. The minimum Gasteiger partial charge on any atom is -0.456 e. The zero-order chi connectivity index (χ0) is 49.9. The van der Waals surface area contributed by atoms with E-state index in [0.717, 1.165) is 72.2 Å². The van der Waals surface area contributed by atoms with E-state index < -0.39 is 5.41 Å². The fourth-order valence-electron chi connectivity index (χ4n) is 13.4. The number of benzene rings is 13. The number of rotatable bonds is 7. The topological polar surface area (TPSA) is 21.3 Å². The Morgan fingerprint density at radius 3 is 1.53 bits per heavy atom.